The molecule has 1 atom stereocenters. The van der Waals surface area contributed by atoms with Gasteiger partial charge in [0.05, 0.1) is 0 Å². The summed E-state index contributed by atoms with van der Waals surface area (Å²) < 4.78 is 0. The van der Waals surface area contributed by atoms with Gasteiger partial charge in [-0.1, -0.05) is 42.5 Å². The number of rotatable bonds is 5. The third-order valence-corrected chi connectivity index (χ3v) is 4.34. The van der Waals surface area contributed by atoms with Crippen LogP contribution in [0.3, 0.4) is 0 Å². The number of benzene rings is 1. The van der Waals surface area contributed by atoms with Crippen molar-refractivity contribution in [2.45, 2.75) is 38.0 Å². The van der Waals surface area contributed by atoms with E-state index in [1.54, 1.807) is 0 Å². The maximum Gasteiger partial charge on any atom is 0.00435 e. The lowest BCUT2D eigenvalue weighted by atomic mass is 9.73. The SMILES string of the molecule is C=CCC1CCC(C(C=C)c2ccccc2)CC1. The fraction of sp³-hybridized carbons (Fsp3) is 0.444. The Bertz CT molecular complexity index is 368. The molecule has 0 nitrogen and oxygen atoms in total. The van der Waals surface area contributed by atoms with Gasteiger partial charge in [0, 0.05) is 5.92 Å². The standard InChI is InChI=1S/C18H24/c1-3-8-15-11-13-17(14-12-15)18(4-2)16-9-6-5-7-10-16/h3-7,9-10,15,17-18H,1-2,8,11-14H2. The first-order chi connectivity index (χ1) is 8.85. The molecule has 1 aromatic carbocycles. The zero-order valence-corrected chi connectivity index (χ0v) is 11.2. The van der Waals surface area contributed by atoms with Crippen LogP contribution in [-0.2, 0) is 0 Å². The maximum atomic E-state index is 4.05. The van der Waals surface area contributed by atoms with Crippen molar-refractivity contribution >= 4 is 0 Å². The zero-order chi connectivity index (χ0) is 12.8. The molecule has 0 amide bonds. The highest BCUT2D eigenvalue weighted by Crippen LogP contribution is 2.39. The molecule has 1 saturated carbocycles. The minimum atomic E-state index is 0.538. The molecule has 0 bridgehead atoms. The molecule has 0 N–H and O–H groups in total. The Balaban J connectivity index is 1.99. The van der Waals surface area contributed by atoms with Crippen LogP contribution in [-0.4, -0.2) is 0 Å². The summed E-state index contributed by atoms with van der Waals surface area (Å²) >= 11 is 0. The van der Waals surface area contributed by atoms with Gasteiger partial charge in [-0.05, 0) is 49.5 Å². The Morgan fingerprint density at radius 2 is 1.72 bits per heavy atom. The van der Waals surface area contributed by atoms with Crippen LogP contribution in [0.5, 0.6) is 0 Å². The molecule has 18 heavy (non-hydrogen) atoms. The van der Waals surface area contributed by atoms with Gasteiger partial charge in [-0.2, -0.15) is 0 Å². The van der Waals surface area contributed by atoms with Crippen LogP contribution in [0.4, 0.5) is 0 Å². The average Bonchev–Trinajstić information content (AvgIpc) is 2.43. The Morgan fingerprint density at radius 3 is 2.28 bits per heavy atom. The van der Waals surface area contributed by atoms with E-state index in [9.17, 15) is 0 Å². The lowest BCUT2D eigenvalue weighted by Crippen LogP contribution is -2.19. The first-order valence-corrected chi connectivity index (χ1v) is 7.13. The molecule has 0 spiro atoms. The number of hydrogen-bond donors (Lipinski definition) is 0. The third kappa shape index (κ3) is 3.13. The Morgan fingerprint density at radius 1 is 1.06 bits per heavy atom. The van der Waals surface area contributed by atoms with Crippen LogP contribution in [0.1, 0.15) is 43.6 Å². The molecule has 1 fully saturated rings. The molecule has 0 aromatic heterocycles. The molecule has 0 aliphatic heterocycles. The van der Waals surface area contributed by atoms with Crippen molar-refractivity contribution in [2.75, 3.05) is 0 Å². The average molecular weight is 240 g/mol. The Hall–Kier alpha value is -1.30. The Kier molecular flexibility index (Phi) is 4.81. The number of allylic oxidation sites excluding steroid dienone is 2. The van der Waals surface area contributed by atoms with Crippen LogP contribution in [0, 0.1) is 11.8 Å². The second-order valence-corrected chi connectivity index (χ2v) is 5.48. The fourth-order valence-electron chi connectivity index (χ4n) is 3.29. The minimum absolute atomic E-state index is 0.538. The van der Waals surface area contributed by atoms with E-state index in [1.165, 1.54) is 37.7 Å². The van der Waals surface area contributed by atoms with Crippen LogP contribution >= 0.6 is 0 Å². The van der Waals surface area contributed by atoms with E-state index in [2.05, 4.69) is 55.6 Å². The van der Waals surface area contributed by atoms with Crippen molar-refractivity contribution in [3.63, 3.8) is 0 Å². The lowest BCUT2D eigenvalue weighted by molar-refractivity contribution is 0.260. The summed E-state index contributed by atoms with van der Waals surface area (Å²) in [6, 6.07) is 10.8. The van der Waals surface area contributed by atoms with Crippen molar-refractivity contribution in [2.24, 2.45) is 11.8 Å². The van der Waals surface area contributed by atoms with Gasteiger partial charge in [-0.15, -0.1) is 13.2 Å². The van der Waals surface area contributed by atoms with E-state index >= 15 is 0 Å². The van der Waals surface area contributed by atoms with Crippen molar-refractivity contribution in [3.8, 4) is 0 Å². The van der Waals surface area contributed by atoms with E-state index < -0.39 is 0 Å². The van der Waals surface area contributed by atoms with Gasteiger partial charge in [-0.25, -0.2) is 0 Å². The molecule has 1 unspecified atom stereocenters. The first kappa shape index (κ1) is 13.1. The summed E-state index contributed by atoms with van der Waals surface area (Å²) in [5.41, 5.74) is 1.43. The lowest BCUT2D eigenvalue weighted by Gasteiger charge is -2.32. The van der Waals surface area contributed by atoms with Crippen molar-refractivity contribution in [1.29, 1.82) is 0 Å². The Labute approximate surface area is 111 Å². The summed E-state index contributed by atoms with van der Waals surface area (Å²) in [4.78, 5) is 0. The van der Waals surface area contributed by atoms with E-state index in [1.807, 2.05) is 0 Å². The summed E-state index contributed by atoms with van der Waals surface area (Å²) in [6.07, 6.45) is 10.8. The molecule has 1 aliphatic rings. The highest BCUT2D eigenvalue weighted by Gasteiger charge is 2.26. The van der Waals surface area contributed by atoms with Gasteiger partial charge in [0.15, 0.2) is 0 Å². The summed E-state index contributed by atoms with van der Waals surface area (Å²) in [7, 11) is 0. The number of hydrogen-bond acceptors (Lipinski definition) is 0. The van der Waals surface area contributed by atoms with Crippen LogP contribution in [0.15, 0.2) is 55.6 Å². The molecule has 1 aliphatic carbocycles. The van der Waals surface area contributed by atoms with E-state index in [0.29, 0.717) is 5.92 Å². The minimum Gasteiger partial charge on any atom is -0.103 e. The fourth-order valence-corrected chi connectivity index (χ4v) is 3.29. The van der Waals surface area contributed by atoms with Crippen LogP contribution in [0.25, 0.3) is 0 Å². The summed E-state index contributed by atoms with van der Waals surface area (Å²) in [5, 5.41) is 0. The van der Waals surface area contributed by atoms with E-state index in [0.717, 1.165) is 11.8 Å². The monoisotopic (exact) mass is 240 g/mol. The summed E-state index contributed by atoms with van der Waals surface area (Å²) in [5.74, 6) is 2.20. The molecule has 0 heterocycles. The quantitative estimate of drug-likeness (QED) is 0.609. The highest BCUT2D eigenvalue weighted by molar-refractivity contribution is 5.24. The van der Waals surface area contributed by atoms with Crippen LogP contribution < -0.4 is 0 Å². The predicted molar refractivity (Wildman–Crippen MR) is 79.6 cm³/mol. The predicted octanol–water partition coefficient (Wildman–Crippen LogP) is 5.34. The molecule has 0 saturated heterocycles. The second-order valence-electron chi connectivity index (χ2n) is 5.48. The third-order valence-electron chi connectivity index (χ3n) is 4.34. The molecular weight excluding hydrogens is 216 g/mol. The van der Waals surface area contributed by atoms with E-state index in [4.69, 9.17) is 0 Å². The topological polar surface area (TPSA) is 0 Å². The van der Waals surface area contributed by atoms with Gasteiger partial charge >= 0.3 is 0 Å². The van der Waals surface area contributed by atoms with Gasteiger partial charge in [0.2, 0.25) is 0 Å². The van der Waals surface area contributed by atoms with Gasteiger partial charge in [0.25, 0.3) is 0 Å². The van der Waals surface area contributed by atoms with Crippen LogP contribution in [0.2, 0.25) is 0 Å². The summed E-state index contributed by atoms with van der Waals surface area (Å²) in [6.45, 7) is 7.91. The molecule has 1 aromatic rings. The van der Waals surface area contributed by atoms with E-state index in [-0.39, 0.29) is 0 Å². The smallest absolute Gasteiger partial charge is 0.00435 e. The largest absolute Gasteiger partial charge is 0.103 e. The van der Waals surface area contributed by atoms with Crippen molar-refractivity contribution in [3.05, 3.63) is 61.2 Å². The van der Waals surface area contributed by atoms with Crippen molar-refractivity contribution < 1.29 is 0 Å². The molecule has 2 rings (SSSR count). The maximum absolute atomic E-state index is 4.05. The van der Waals surface area contributed by atoms with Gasteiger partial charge < -0.3 is 0 Å². The molecule has 96 valence electrons. The molecule has 0 radical (unpaired) electrons. The van der Waals surface area contributed by atoms with Gasteiger partial charge in [-0.3, -0.25) is 0 Å². The second kappa shape index (κ2) is 6.58. The van der Waals surface area contributed by atoms with Crippen molar-refractivity contribution in [1.82, 2.24) is 0 Å². The molecule has 0 heteroatoms. The zero-order valence-electron chi connectivity index (χ0n) is 11.2. The first-order valence-electron chi connectivity index (χ1n) is 7.13. The van der Waals surface area contributed by atoms with Gasteiger partial charge in [0.1, 0.15) is 0 Å². The highest BCUT2D eigenvalue weighted by atomic mass is 14.3. The molecular formula is C18H24. The normalized spacial score (nSPS) is 25.3.